The fourth-order valence-corrected chi connectivity index (χ4v) is 2.44. The molecule has 0 aliphatic rings. The molecule has 1 unspecified atom stereocenters. The minimum atomic E-state index is -1.06. The van der Waals surface area contributed by atoms with Gasteiger partial charge in [0.2, 0.25) is 0 Å². The van der Waals surface area contributed by atoms with Crippen LogP contribution in [0.1, 0.15) is 23.7 Å². The first-order chi connectivity index (χ1) is 9.86. The van der Waals surface area contributed by atoms with Gasteiger partial charge in [-0.15, -0.1) is 0 Å². The van der Waals surface area contributed by atoms with Crippen molar-refractivity contribution < 1.29 is 14.7 Å². The molecule has 1 aromatic rings. The number of halogens is 1. The molecule has 7 heteroatoms. The van der Waals surface area contributed by atoms with Crippen molar-refractivity contribution >= 4 is 41.1 Å². The largest absolute Gasteiger partial charge is 0.478 e. The molecule has 0 aliphatic carbocycles. The highest BCUT2D eigenvalue weighted by atomic mass is 35.5. The number of carboxylic acid groups (broad SMARTS) is 1. The van der Waals surface area contributed by atoms with Crippen molar-refractivity contribution in [3.63, 3.8) is 0 Å². The number of urea groups is 1. The van der Waals surface area contributed by atoms with Crippen molar-refractivity contribution in [3.05, 3.63) is 28.8 Å². The average molecular weight is 331 g/mol. The summed E-state index contributed by atoms with van der Waals surface area (Å²) in [4.78, 5) is 24.6. The first kappa shape index (κ1) is 17.7. The van der Waals surface area contributed by atoms with Crippen molar-refractivity contribution in [1.29, 1.82) is 0 Å². The number of nitrogens with zero attached hydrogens (tertiary/aromatic N) is 1. The highest BCUT2D eigenvalue weighted by Gasteiger charge is 2.17. The molecule has 0 radical (unpaired) electrons. The summed E-state index contributed by atoms with van der Waals surface area (Å²) in [6.07, 6.45) is 2.92. The smallest absolute Gasteiger partial charge is 0.335 e. The Morgan fingerprint density at radius 1 is 1.48 bits per heavy atom. The number of carbonyl (C=O) groups excluding carboxylic acids is 1. The van der Waals surface area contributed by atoms with E-state index in [1.165, 1.54) is 18.2 Å². The predicted octanol–water partition coefficient (Wildman–Crippen LogP) is 3.64. The van der Waals surface area contributed by atoms with Gasteiger partial charge in [0.15, 0.2) is 0 Å². The van der Waals surface area contributed by atoms with Crippen molar-refractivity contribution in [2.24, 2.45) is 0 Å². The lowest BCUT2D eigenvalue weighted by molar-refractivity contribution is 0.0697. The van der Waals surface area contributed by atoms with Crippen LogP contribution in [-0.2, 0) is 0 Å². The van der Waals surface area contributed by atoms with Gasteiger partial charge >= 0.3 is 12.0 Å². The van der Waals surface area contributed by atoms with E-state index in [2.05, 4.69) is 5.32 Å². The molecule has 2 amide bonds. The Morgan fingerprint density at radius 3 is 2.67 bits per heavy atom. The van der Waals surface area contributed by atoms with Gasteiger partial charge in [0.05, 0.1) is 16.3 Å². The number of aromatic carboxylic acids is 1. The van der Waals surface area contributed by atoms with E-state index in [-0.39, 0.29) is 22.7 Å². The molecule has 0 heterocycles. The lowest BCUT2D eigenvalue weighted by Crippen LogP contribution is -2.38. The molecule has 116 valence electrons. The Morgan fingerprint density at radius 2 is 2.14 bits per heavy atom. The number of nitrogens with one attached hydrogen (secondary N) is 1. The second-order valence-corrected chi connectivity index (χ2v) is 6.06. The van der Waals surface area contributed by atoms with Crippen LogP contribution >= 0.6 is 23.4 Å². The molecular weight excluding hydrogens is 312 g/mol. The minimum absolute atomic E-state index is 0.0830. The molecule has 5 nitrogen and oxygen atoms in total. The molecule has 0 aliphatic heterocycles. The Kier molecular flexibility index (Phi) is 6.84. The van der Waals surface area contributed by atoms with E-state index in [0.29, 0.717) is 5.69 Å². The quantitative estimate of drug-likeness (QED) is 0.835. The van der Waals surface area contributed by atoms with Gasteiger partial charge in [0, 0.05) is 13.1 Å². The van der Waals surface area contributed by atoms with Gasteiger partial charge in [-0.3, -0.25) is 0 Å². The lowest BCUT2D eigenvalue weighted by atomic mass is 10.2. The molecule has 0 fully saturated rings. The molecule has 0 bridgehead atoms. The van der Waals surface area contributed by atoms with Gasteiger partial charge in [-0.1, -0.05) is 11.6 Å². The summed E-state index contributed by atoms with van der Waals surface area (Å²) in [5, 5.41) is 11.8. The lowest BCUT2D eigenvalue weighted by Gasteiger charge is -2.25. The predicted molar refractivity (Wildman–Crippen MR) is 87.7 cm³/mol. The zero-order valence-electron chi connectivity index (χ0n) is 12.2. The third-order valence-corrected chi connectivity index (χ3v) is 4.14. The molecule has 1 aromatic carbocycles. The summed E-state index contributed by atoms with van der Waals surface area (Å²) in [5.74, 6) is -0.0788. The standard InChI is InChI=1S/C14H19ClN2O3S/c1-9(6-7-21-3)17(2)14(20)16-12-5-4-10(13(18)19)8-11(12)15/h4-5,8-9H,6-7H2,1-3H3,(H,16,20)(H,18,19). The number of amides is 2. The molecule has 21 heavy (non-hydrogen) atoms. The number of hydrogen-bond donors (Lipinski definition) is 2. The minimum Gasteiger partial charge on any atom is -0.478 e. The zero-order valence-corrected chi connectivity index (χ0v) is 13.8. The first-order valence-corrected chi connectivity index (χ1v) is 8.19. The molecule has 2 N–H and O–H groups in total. The van der Waals surface area contributed by atoms with Crippen molar-refractivity contribution in [1.82, 2.24) is 4.90 Å². The van der Waals surface area contributed by atoms with Crippen LogP contribution in [0.4, 0.5) is 10.5 Å². The summed E-state index contributed by atoms with van der Waals surface area (Å²) in [7, 11) is 1.72. The van der Waals surface area contributed by atoms with Crippen LogP contribution in [-0.4, -0.2) is 47.1 Å². The van der Waals surface area contributed by atoms with E-state index in [4.69, 9.17) is 16.7 Å². The van der Waals surface area contributed by atoms with Crippen LogP contribution < -0.4 is 5.32 Å². The van der Waals surface area contributed by atoms with Crippen LogP contribution in [0, 0.1) is 0 Å². The van der Waals surface area contributed by atoms with Gasteiger partial charge in [-0.05, 0) is 43.6 Å². The topological polar surface area (TPSA) is 69.6 Å². The number of hydrogen-bond acceptors (Lipinski definition) is 3. The summed E-state index contributed by atoms with van der Waals surface area (Å²) in [5.41, 5.74) is 0.482. The van der Waals surface area contributed by atoms with Gasteiger partial charge in [0.1, 0.15) is 0 Å². The molecule has 0 spiro atoms. The van der Waals surface area contributed by atoms with Gasteiger partial charge < -0.3 is 15.3 Å². The second kappa shape index (κ2) is 8.14. The van der Waals surface area contributed by atoms with E-state index in [9.17, 15) is 9.59 Å². The van der Waals surface area contributed by atoms with Crippen molar-refractivity contribution in [2.75, 3.05) is 24.4 Å². The van der Waals surface area contributed by atoms with Gasteiger partial charge in [-0.25, -0.2) is 9.59 Å². The summed E-state index contributed by atoms with van der Waals surface area (Å²) in [6, 6.07) is 4.05. The fraction of sp³-hybridized carbons (Fsp3) is 0.429. The van der Waals surface area contributed by atoms with Gasteiger partial charge in [0.25, 0.3) is 0 Å². The van der Waals surface area contributed by atoms with Crippen LogP contribution in [0.5, 0.6) is 0 Å². The highest BCUT2D eigenvalue weighted by molar-refractivity contribution is 7.98. The van der Waals surface area contributed by atoms with Crippen molar-refractivity contribution in [2.45, 2.75) is 19.4 Å². The van der Waals surface area contributed by atoms with E-state index >= 15 is 0 Å². The van der Waals surface area contributed by atoms with Crippen LogP contribution in [0.2, 0.25) is 5.02 Å². The number of carbonyl (C=O) groups is 2. The van der Waals surface area contributed by atoms with Crippen molar-refractivity contribution in [3.8, 4) is 0 Å². The SMILES string of the molecule is CSCCC(C)N(C)C(=O)Nc1ccc(C(=O)O)cc1Cl. The Labute approximate surface area is 133 Å². The molecule has 0 saturated heterocycles. The number of rotatable bonds is 6. The maximum atomic E-state index is 12.1. The maximum Gasteiger partial charge on any atom is 0.335 e. The van der Waals surface area contributed by atoms with Crippen LogP contribution in [0.15, 0.2) is 18.2 Å². The summed E-state index contributed by atoms with van der Waals surface area (Å²) >= 11 is 7.72. The maximum absolute atomic E-state index is 12.1. The average Bonchev–Trinajstić information content (AvgIpc) is 2.45. The van der Waals surface area contributed by atoms with Crippen LogP contribution in [0.25, 0.3) is 0 Å². The molecule has 1 atom stereocenters. The molecular formula is C14H19ClN2O3S. The van der Waals surface area contributed by atoms with E-state index < -0.39 is 5.97 Å². The first-order valence-electron chi connectivity index (χ1n) is 6.42. The normalized spacial score (nSPS) is 11.8. The van der Waals surface area contributed by atoms with E-state index in [0.717, 1.165) is 12.2 Å². The Balaban J connectivity index is 2.72. The second-order valence-electron chi connectivity index (χ2n) is 4.67. The number of carboxylic acids is 1. The van der Waals surface area contributed by atoms with E-state index in [1.807, 2.05) is 13.2 Å². The number of benzene rings is 1. The number of thioether (sulfide) groups is 1. The third kappa shape index (κ3) is 5.13. The summed E-state index contributed by atoms with van der Waals surface area (Å²) in [6.45, 7) is 1.98. The number of anilines is 1. The monoisotopic (exact) mass is 330 g/mol. The molecule has 1 rings (SSSR count). The molecule has 0 aromatic heterocycles. The van der Waals surface area contributed by atoms with E-state index in [1.54, 1.807) is 23.7 Å². The Hall–Kier alpha value is -1.40. The fourth-order valence-electron chi connectivity index (χ4n) is 1.64. The van der Waals surface area contributed by atoms with Crippen LogP contribution in [0.3, 0.4) is 0 Å². The Bertz CT molecular complexity index is 525. The van der Waals surface area contributed by atoms with Gasteiger partial charge in [-0.2, -0.15) is 11.8 Å². The summed E-state index contributed by atoms with van der Waals surface area (Å²) < 4.78 is 0. The molecule has 0 saturated carbocycles. The zero-order chi connectivity index (χ0) is 16.0. The third-order valence-electron chi connectivity index (χ3n) is 3.18. The highest BCUT2D eigenvalue weighted by Crippen LogP contribution is 2.23.